The zero-order valence-electron chi connectivity index (χ0n) is 8.89. The predicted octanol–water partition coefficient (Wildman–Crippen LogP) is 3.39. The molecular formula is C12H10BrNO2S. The number of aromatic carboxylic acids is 1. The molecule has 0 aliphatic rings. The number of nitrogens with zero attached hydrogens (tertiary/aromatic N) is 1. The summed E-state index contributed by atoms with van der Waals surface area (Å²) in [4.78, 5) is 14.7. The van der Waals surface area contributed by atoms with E-state index in [1.165, 1.54) is 16.9 Å². The van der Waals surface area contributed by atoms with Crippen LogP contribution in [0.15, 0.2) is 34.1 Å². The SMILES string of the molecule is O=C(O)c1csc(CCc2cccc(Br)c2)n1. The summed E-state index contributed by atoms with van der Waals surface area (Å²) in [6.07, 6.45) is 1.64. The van der Waals surface area contributed by atoms with Crippen LogP contribution in [0, 0.1) is 0 Å². The lowest BCUT2D eigenvalue weighted by atomic mass is 10.1. The molecule has 0 amide bonds. The Balaban J connectivity index is 2.00. The Bertz CT molecular complexity index is 539. The van der Waals surface area contributed by atoms with E-state index in [1.807, 2.05) is 12.1 Å². The Morgan fingerprint density at radius 1 is 1.41 bits per heavy atom. The lowest BCUT2D eigenvalue weighted by Gasteiger charge is -1.99. The molecule has 2 aromatic rings. The average Bonchev–Trinajstić information content (AvgIpc) is 2.75. The van der Waals surface area contributed by atoms with Gasteiger partial charge in [-0.05, 0) is 24.1 Å². The zero-order chi connectivity index (χ0) is 12.3. The van der Waals surface area contributed by atoms with Crippen LogP contribution in [0.3, 0.4) is 0 Å². The minimum absolute atomic E-state index is 0.138. The largest absolute Gasteiger partial charge is 0.476 e. The van der Waals surface area contributed by atoms with Gasteiger partial charge >= 0.3 is 5.97 Å². The van der Waals surface area contributed by atoms with Crippen molar-refractivity contribution in [3.05, 3.63) is 50.4 Å². The smallest absolute Gasteiger partial charge is 0.355 e. The van der Waals surface area contributed by atoms with Crippen LogP contribution in [0.5, 0.6) is 0 Å². The second-order valence-corrected chi connectivity index (χ2v) is 5.42. The van der Waals surface area contributed by atoms with Gasteiger partial charge in [0.25, 0.3) is 0 Å². The number of hydrogen-bond acceptors (Lipinski definition) is 3. The van der Waals surface area contributed by atoms with Crippen LogP contribution >= 0.6 is 27.3 Å². The molecule has 5 heteroatoms. The van der Waals surface area contributed by atoms with Crippen LogP contribution in [0.4, 0.5) is 0 Å². The van der Waals surface area contributed by atoms with E-state index in [-0.39, 0.29) is 5.69 Å². The number of benzene rings is 1. The molecule has 2 rings (SSSR count). The van der Waals surface area contributed by atoms with E-state index >= 15 is 0 Å². The van der Waals surface area contributed by atoms with Gasteiger partial charge < -0.3 is 5.11 Å². The van der Waals surface area contributed by atoms with E-state index in [1.54, 1.807) is 5.38 Å². The highest BCUT2D eigenvalue weighted by molar-refractivity contribution is 9.10. The van der Waals surface area contributed by atoms with Gasteiger partial charge in [0, 0.05) is 16.3 Å². The van der Waals surface area contributed by atoms with Crippen LogP contribution < -0.4 is 0 Å². The quantitative estimate of drug-likeness (QED) is 0.941. The fourth-order valence-corrected chi connectivity index (χ4v) is 2.69. The normalized spacial score (nSPS) is 10.4. The van der Waals surface area contributed by atoms with E-state index < -0.39 is 5.97 Å². The lowest BCUT2D eigenvalue weighted by molar-refractivity contribution is 0.0691. The zero-order valence-corrected chi connectivity index (χ0v) is 11.3. The fraction of sp³-hybridized carbons (Fsp3) is 0.167. The Labute approximate surface area is 111 Å². The van der Waals surface area contributed by atoms with Crippen LogP contribution in [0.1, 0.15) is 21.1 Å². The van der Waals surface area contributed by atoms with Gasteiger partial charge in [0.2, 0.25) is 0 Å². The second kappa shape index (κ2) is 5.42. The minimum atomic E-state index is -0.963. The van der Waals surface area contributed by atoms with Crippen molar-refractivity contribution in [3.63, 3.8) is 0 Å². The van der Waals surface area contributed by atoms with Crippen molar-refractivity contribution < 1.29 is 9.90 Å². The maximum Gasteiger partial charge on any atom is 0.355 e. The minimum Gasteiger partial charge on any atom is -0.476 e. The van der Waals surface area contributed by atoms with Crippen molar-refractivity contribution >= 4 is 33.2 Å². The average molecular weight is 312 g/mol. The summed E-state index contributed by atoms with van der Waals surface area (Å²) in [5, 5.41) is 11.2. The van der Waals surface area contributed by atoms with E-state index in [0.717, 1.165) is 22.3 Å². The topological polar surface area (TPSA) is 50.2 Å². The number of carbonyl (C=O) groups is 1. The van der Waals surface area contributed by atoms with Crippen LogP contribution in [0.25, 0.3) is 0 Å². The van der Waals surface area contributed by atoms with Crippen molar-refractivity contribution in [3.8, 4) is 0 Å². The molecule has 0 radical (unpaired) electrons. The molecule has 0 saturated heterocycles. The van der Waals surface area contributed by atoms with Gasteiger partial charge in [-0.2, -0.15) is 0 Å². The van der Waals surface area contributed by atoms with Crippen LogP contribution in [-0.4, -0.2) is 16.1 Å². The Morgan fingerprint density at radius 3 is 2.88 bits per heavy atom. The molecule has 0 unspecified atom stereocenters. The molecule has 0 aliphatic carbocycles. The van der Waals surface area contributed by atoms with Crippen molar-refractivity contribution in [1.29, 1.82) is 0 Å². The molecule has 1 heterocycles. The number of thiazole rings is 1. The molecule has 0 fully saturated rings. The predicted molar refractivity (Wildman–Crippen MR) is 70.6 cm³/mol. The van der Waals surface area contributed by atoms with Gasteiger partial charge in [-0.15, -0.1) is 11.3 Å². The molecule has 1 aromatic carbocycles. The van der Waals surface area contributed by atoms with Crippen LogP contribution in [-0.2, 0) is 12.8 Å². The summed E-state index contributed by atoms with van der Waals surface area (Å²) in [6, 6.07) is 8.08. The number of halogens is 1. The molecule has 0 aliphatic heterocycles. The molecular weight excluding hydrogens is 302 g/mol. The third-order valence-electron chi connectivity index (χ3n) is 2.29. The summed E-state index contributed by atoms with van der Waals surface area (Å²) in [5.74, 6) is -0.963. The van der Waals surface area contributed by atoms with Crippen molar-refractivity contribution in [2.45, 2.75) is 12.8 Å². The Morgan fingerprint density at radius 2 is 2.24 bits per heavy atom. The molecule has 1 aromatic heterocycles. The Hall–Kier alpha value is -1.20. The highest BCUT2D eigenvalue weighted by Crippen LogP contribution is 2.16. The van der Waals surface area contributed by atoms with Gasteiger partial charge in [-0.25, -0.2) is 9.78 Å². The molecule has 0 bridgehead atoms. The summed E-state index contributed by atoms with van der Waals surface area (Å²) in [5.41, 5.74) is 1.35. The molecule has 0 saturated carbocycles. The van der Waals surface area contributed by atoms with Crippen LogP contribution in [0.2, 0.25) is 0 Å². The van der Waals surface area contributed by atoms with E-state index in [4.69, 9.17) is 5.11 Å². The first-order chi connectivity index (χ1) is 8.15. The second-order valence-electron chi connectivity index (χ2n) is 3.56. The summed E-state index contributed by atoms with van der Waals surface area (Å²) >= 11 is 4.82. The summed E-state index contributed by atoms with van der Waals surface area (Å²) < 4.78 is 1.06. The summed E-state index contributed by atoms with van der Waals surface area (Å²) in [6.45, 7) is 0. The first-order valence-corrected chi connectivity index (χ1v) is 6.74. The van der Waals surface area contributed by atoms with Crippen molar-refractivity contribution in [2.75, 3.05) is 0 Å². The molecule has 0 spiro atoms. The first kappa shape index (κ1) is 12.3. The number of aryl methyl sites for hydroxylation is 2. The van der Waals surface area contributed by atoms with E-state index in [2.05, 4.69) is 33.0 Å². The summed E-state index contributed by atoms with van der Waals surface area (Å²) in [7, 11) is 0. The highest BCUT2D eigenvalue weighted by atomic mass is 79.9. The molecule has 1 N–H and O–H groups in total. The van der Waals surface area contributed by atoms with Gasteiger partial charge in [-0.1, -0.05) is 28.1 Å². The molecule has 0 atom stereocenters. The first-order valence-electron chi connectivity index (χ1n) is 5.07. The van der Waals surface area contributed by atoms with Gasteiger partial charge in [-0.3, -0.25) is 0 Å². The number of hydrogen-bond donors (Lipinski definition) is 1. The number of carboxylic acid groups (broad SMARTS) is 1. The molecule has 3 nitrogen and oxygen atoms in total. The third-order valence-corrected chi connectivity index (χ3v) is 3.69. The maximum atomic E-state index is 10.7. The Kier molecular flexibility index (Phi) is 3.91. The fourth-order valence-electron chi connectivity index (χ4n) is 1.47. The molecule has 88 valence electrons. The highest BCUT2D eigenvalue weighted by Gasteiger charge is 2.08. The molecule has 17 heavy (non-hydrogen) atoms. The van der Waals surface area contributed by atoms with Gasteiger partial charge in [0.15, 0.2) is 5.69 Å². The number of carboxylic acids is 1. The third kappa shape index (κ3) is 3.38. The monoisotopic (exact) mass is 311 g/mol. The number of rotatable bonds is 4. The lowest BCUT2D eigenvalue weighted by Crippen LogP contribution is -1.97. The van der Waals surface area contributed by atoms with Crippen molar-refractivity contribution in [1.82, 2.24) is 4.98 Å². The van der Waals surface area contributed by atoms with Gasteiger partial charge in [0.05, 0.1) is 5.01 Å². The van der Waals surface area contributed by atoms with E-state index in [0.29, 0.717) is 0 Å². The number of aromatic nitrogens is 1. The van der Waals surface area contributed by atoms with Crippen molar-refractivity contribution in [2.24, 2.45) is 0 Å². The van der Waals surface area contributed by atoms with Gasteiger partial charge in [0.1, 0.15) is 0 Å². The van der Waals surface area contributed by atoms with E-state index in [9.17, 15) is 4.79 Å². The maximum absolute atomic E-state index is 10.7. The standard InChI is InChI=1S/C12H10BrNO2S/c13-9-3-1-2-8(6-9)4-5-11-14-10(7-17-11)12(15)16/h1-3,6-7H,4-5H2,(H,15,16).